The Balaban J connectivity index is 2.11. The average Bonchev–Trinajstić information content (AvgIpc) is 2.77. The van der Waals surface area contributed by atoms with Gasteiger partial charge in [0.1, 0.15) is 0 Å². The van der Waals surface area contributed by atoms with E-state index < -0.39 is 0 Å². The molecule has 0 bridgehead atoms. The molecule has 0 amide bonds. The number of thiophene rings is 1. The van der Waals surface area contributed by atoms with Crippen LogP contribution in [0.5, 0.6) is 0 Å². The number of fused-ring (bicyclic) bond motifs is 1. The molecule has 1 nitrogen and oxygen atoms in total. The van der Waals surface area contributed by atoms with Crippen LogP contribution in [-0.2, 0) is 0 Å². The van der Waals surface area contributed by atoms with Gasteiger partial charge in [-0.1, -0.05) is 30.3 Å². The summed E-state index contributed by atoms with van der Waals surface area (Å²) >= 11 is 5.57. The highest BCUT2D eigenvalue weighted by Gasteiger charge is 2.11. The molecular weight excluding hydrogens is 318 g/mol. The number of benzene rings is 2. The van der Waals surface area contributed by atoms with E-state index in [0.717, 1.165) is 0 Å². The van der Waals surface area contributed by atoms with Crippen molar-refractivity contribution in [3.63, 3.8) is 0 Å². The monoisotopic (exact) mass is 331 g/mol. The molecule has 2 aromatic carbocycles. The van der Waals surface area contributed by atoms with E-state index in [-0.39, 0.29) is 0 Å². The molecular formula is C16H14BrNS. The standard InChI is InChI=1S/C16H14BrNS/c1-18(2)12-9-7-11(8-10-12)16-15(17)13-5-3-4-6-14(13)19-16/h3-10H,1-2H3. The van der Waals surface area contributed by atoms with Crippen LogP contribution >= 0.6 is 27.3 Å². The molecule has 3 heteroatoms. The summed E-state index contributed by atoms with van der Waals surface area (Å²) in [4.78, 5) is 3.41. The van der Waals surface area contributed by atoms with Crippen molar-refractivity contribution in [1.29, 1.82) is 0 Å². The molecule has 0 aliphatic heterocycles. The van der Waals surface area contributed by atoms with Gasteiger partial charge in [-0.3, -0.25) is 0 Å². The van der Waals surface area contributed by atoms with Crippen LogP contribution in [-0.4, -0.2) is 14.1 Å². The molecule has 1 aromatic heterocycles. The molecule has 0 N–H and O–H groups in total. The van der Waals surface area contributed by atoms with Crippen LogP contribution in [0.2, 0.25) is 0 Å². The maximum atomic E-state index is 3.74. The summed E-state index contributed by atoms with van der Waals surface area (Å²) in [5, 5.41) is 1.29. The lowest BCUT2D eigenvalue weighted by Gasteiger charge is -2.12. The van der Waals surface area contributed by atoms with Crippen molar-refractivity contribution < 1.29 is 0 Å². The molecule has 0 spiro atoms. The number of anilines is 1. The number of hydrogen-bond donors (Lipinski definition) is 0. The Kier molecular flexibility index (Phi) is 3.33. The van der Waals surface area contributed by atoms with Gasteiger partial charge >= 0.3 is 0 Å². The van der Waals surface area contributed by atoms with Gasteiger partial charge in [0.05, 0.1) is 0 Å². The fourth-order valence-electron chi connectivity index (χ4n) is 2.11. The first kappa shape index (κ1) is 12.7. The van der Waals surface area contributed by atoms with E-state index in [1.807, 2.05) is 11.3 Å². The number of hydrogen-bond acceptors (Lipinski definition) is 2. The predicted octanol–water partition coefficient (Wildman–Crippen LogP) is 5.40. The van der Waals surface area contributed by atoms with Crippen LogP contribution in [0.4, 0.5) is 5.69 Å². The quantitative estimate of drug-likeness (QED) is 0.607. The zero-order valence-electron chi connectivity index (χ0n) is 10.9. The first-order valence-corrected chi connectivity index (χ1v) is 7.72. The highest BCUT2D eigenvalue weighted by molar-refractivity contribution is 9.10. The molecule has 0 atom stereocenters. The van der Waals surface area contributed by atoms with Crippen molar-refractivity contribution in [2.24, 2.45) is 0 Å². The summed E-state index contributed by atoms with van der Waals surface area (Å²) in [6, 6.07) is 17.2. The summed E-state index contributed by atoms with van der Waals surface area (Å²) in [6.45, 7) is 0. The third kappa shape index (κ3) is 2.28. The second-order valence-electron chi connectivity index (χ2n) is 4.68. The van der Waals surface area contributed by atoms with Gasteiger partial charge in [-0.2, -0.15) is 0 Å². The largest absolute Gasteiger partial charge is 0.378 e. The van der Waals surface area contributed by atoms with Crippen LogP contribution < -0.4 is 4.90 Å². The molecule has 0 saturated heterocycles. The normalized spacial score (nSPS) is 10.9. The maximum absolute atomic E-state index is 3.74. The van der Waals surface area contributed by atoms with Crippen LogP contribution in [0.15, 0.2) is 53.0 Å². The van der Waals surface area contributed by atoms with E-state index in [9.17, 15) is 0 Å². The van der Waals surface area contributed by atoms with Gasteiger partial charge < -0.3 is 4.90 Å². The second-order valence-corrected chi connectivity index (χ2v) is 6.53. The summed E-state index contributed by atoms with van der Waals surface area (Å²) in [5.41, 5.74) is 2.49. The Bertz CT molecular complexity index is 713. The Labute approximate surface area is 125 Å². The molecule has 0 unspecified atom stereocenters. The third-order valence-corrected chi connectivity index (χ3v) is 5.49. The van der Waals surface area contributed by atoms with Gasteiger partial charge in [0.15, 0.2) is 0 Å². The zero-order chi connectivity index (χ0) is 13.4. The van der Waals surface area contributed by atoms with Gasteiger partial charge in [-0.05, 0) is 39.7 Å². The molecule has 1 heterocycles. The third-order valence-electron chi connectivity index (χ3n) is 3.18. The van der Waals surface area contributed by atoms with Gasteiger partial charge in [0.25, 0.3) is 0 Å². The Morgan fingerprint density at radius 2 is 1.63 bits per heavy atom. The Hall–Kier alpha value is -1.32. The second kappa shape index (κ2) is 4.99. The van der Waals surface area contributed by atoms with Gasteiger partial charge in [-0.25, -0.2) is 0 Å². The molecule has 0 fully saturated rings. The highest BCUT2D eigenvalue weighted by Crippen LogP contribution is 2.42. The van der Waals surface area contributed by atoms with Crippen LogP contribution in [0.1, 0.15) is 0 Å². The Morgan fingerprint density at radius 3 is 2.26 bits per heavy atom. The lowest BCUT2D eigenvalue weighted by atomic mass is 10.1. The molecule has 0 aliphatic rings. The summed E-state index contributed by atoms with van der Waals surface area (Å²) in [7, 11) is 4.12. The molecule has 0 aliphatic carbocycles. The van der Waals surface area contributed by atoms with E-state index in [2.05, 4.69) is 83.5 Å². The first-order chi connectivity index (χ1) is 9.16. The van der Waals surface area contributed by atoms with Crippen molar-refractivity contribution in [2.75, 3.05) is 19.0 Å². The van der Waals surface area contributed by atoms with Crippen LogP contribution in [0.25, 0.3) is 20.5 Å². The van der Waals surface area contributed by atoms with Crippen molar-refractivity contribution in [3.05, 3.63) is 53.0 Å². The molecule has 3 rings (SSSR count). The van der Waals surface area contributed by atoms with Crippen molar-refractivity contribution in [1.82, 2.24) is 0 Å². The van der Waals surface area contributed by atoms with Gasteiger partial charge in [0.2, 0.25) is 0 Å². The minimum absolute atomic E-state index is 1.20. The smallest absolute Gasteiger partial charge is 0.0497 e. The first-order valence-electron chi connectivity index (χ1n) is 6.11. The van der Waals surface area contributed by atoms with Gasteiger partial charge in [-0.15, -0.1) is 11.3 Å². The number of halogens is 1. The molecule has 3 aromatic rings. The molecule has 19 heavy (non-hydrogen) atoms. The predicted molar refractivity (Wildman–Crippen MR) is 89.3 cm³/mol. The number of nitrogens with zero attached hydrogens (tertiary/aromatic N) is 1. The van der Waals surface area contributed by atoms with Gasteiger partial charge in [0, 0.05) is 39.2 Å². The minimum Gasteiger partial charge on any atom is -0.378 e. The topological polar surface area (TPSA) is 3.24 Å². The zero-order valence-corrected chi connectivity index (χ0v) is 13.3. The van der Waals surface area contributed by atoms with Crippen molar-refractivity contribution >= 4 is 43.0 Å². The summed E-state index contributed by atoms with van der Waals surface area (Å²) in [5.74, 6) is 0. The molecule has 96 valence electrons. The fraction of sp³-hybridized carbons (Fsp3) is 0.125. The minimum atomic E-state index is 1.20. The van der Waals surface area contributed by atoms with E-state index in [0.29, 0.717) is 0 Å². The Morgan fingerprint density at radius 1 is 0.947 bits per heavy atom. The summed E-state index contributed by atoms with van der Waals surface area (Å²) < 4.78 is 2.52. The van der Waals surface area contributed by atoms with Crippen LogP contribution in [0, 0.1) is 0 Å². The van der Waals surface area contributed by atoms with Crippen molar-refractivity contribution in [2.45, 2.75) is 0 Å². The maximum Gasteiger partial charge on any atom is 0.0497 e. The van der Waals surface area contributed by atoms with E-state index >= 15 is 0 Å². The van der Waals surface area contributed by atoms with E-state index in [1.165, 1.54) is 30.7 Å². The van der Waals surface area contributed by atoms with Crippen molar-refractivity contribution in [3.8, 4) is 10.4 Å². The number of rotatable bonds is 2. The summed E-state index contributed by atoms with van der Waals surface area (Å²) in [6.07, 6.45) is 0. The average molecular weight is 332 g/mol. The van der Waals surface area contributed by atoms with E-state index in [4.69, 9.17) is 0 Å². The fourth-order valence-corrected chi connectivity index (χ4v) is 4.16. The SMILES string of the molecule is CN(C)c1ccc(-c2sc3ccccc3c2Br)cc1. The van der Waals surface area contributed by atoms with Crippen LogP contribution in [0.3, 0.4) is 0 Å². The van der Waals surface area contributed by atoms with E-state index in [1.54, 1.807) is 0 Å². The molecule has 0 saturated carbocycles. The lowest BCUT2D eigenvalue weighted by molar-refractivity contribution is 1.13. The lowest BCUT2D eigenvalue weighted by Crippen LogP contribution is -2.07. The highest BCUT2D eigenvalue weighted by atomic mass is 79.9. The molecule has 0 radical (unpaired) electrons.